The van der Waals surface area contributed by atoms with E-state index in [0.717, 1.165) is 24.2 Å². The van der Waals surface area contributed by atoms with Crippen LogP contribution in [-0.2, 0) is 9.53 Å². The lowest BCUT2D eigenvalue weighted by Gasteiger charge is -2.07. The second-order valence-electron chi connectivity index (χ2n) is 4.00. The van der Waals surface area contributed by atoms with Gasteiger partial charge in [0.05, 0.1) is 12.7 Å². The second kappa shape index (κ2) is 8.27. The Morgan fingerprint density at radius 1 is 1.55 bits per heavy atom. The maximum Gasteiger partial charge on any atom is 0.357 e. The molecular formula is C13H17N3O3S. The molecule has 0 bridgehead atoms. The third-order valence-electron chi connectivity index (χ3n) is 2.47. The first-order valence-electron chi connectivity index (χ1n) is 6.43. The van der Waals surface area contributed by atoms with Crippen molar-refractivity contribution in [3.05, 3.63) is 16.1 Å². The summed E-state index contributed by atoms with van der Waals surface area (Å²) in [5.74, 6) is -1.91. The highest BCUT2D eigenvalue weighted by molar-refractivity contribution is 7.10. The van der Waals surface area contributed by atoms with Crippen LogP contribution in [0, 0.1) is 11.3 Å². The molecule has 1 amide bonds. The molecule has 1 atom stereocenters. The number of ether oxygens (including phenoxy) is 1. The van der Waals surface area contributed by atoms with Crippen LogP contribution in [0.4, 0.5) is 0 Å². The topological polar surface area (TPSA) is 92.1 Å². The number of esters is 1. The van der Waals surface area contributed by atoms with E-state index in [1.807, 2.05) is 13.0 Å². The molecule has 1 unspecified atom stereocenters. The number of hydrogen-bond acceptors (Lipinski definition) is 6. The summed E-state index contributed by atoms with van der Waals surface area (Å²) in [5, 5.41) is 13.6. The summed E-state index contributed by atoms with van der Waals surface area (Å²) in [5.41, 5.74) is 0.133. The molecule has 0 aromatic carbocycles. The van der Waals surface area contributed by atoms with Crippen LogP contribution in [0.3, 0.4) is 0 Å². The highest BCUT2D eigenvalue weighted by Crippen LogP contribution is 2.20. The molecule has 20 heavy (non-hydrogen) atoms. The predicted molar refractivity (Wildman–Crippen MR) is 74.3 cm³/mol. The average Bonchev–Trinajstić information content (AvgIpc) is 2.90. The second-order valence-corrected chi connectivity index (χ2v) is 4.89. The molecule has 108 valence electrons. The standard InChI is InChI=1S/C13H17N3O3S/c1-3-5-6-15-11(17)9(7-14)12-16-10(8-20-12)13(18)19-4-2/h8-9H,3-6H2,1-2H3,(H,15,17). The van der Waals surface area contributed by atoms with Crippen molar-refractivity contribution in [3.63, 3.8) is 0 Å². The van der Waals surface area contributed by atoms with E-state index in [9.17, 15) is 9.59 Å². The summed E-state index contributed by atoms with van der Waals surface area (Å²) < 4.78 is 4.82. The van der Waals surface area contributed by atoms with Gasteiger partial charge in [0.15, 0.2) is 11.6 Å². The molecule has 1 aromatic heterocycles. The molecule has 1 N–H and O–H groups in total. The molecule has 0 aliphatic rings. The Hall–Kier alpha value is -1.94. The first kappa shape index (κ1) is 16.1. The summed E-state index contributed by atoms with van der Waals surface area (Å²) in [6, 6.07) is 1.91. The monoisotopic (exact) mass is 295 g/mol. The number of nitriles is 1. The first-order chi connectivity index (χ1) is 9.63. The normalized spacial score (nSPS) is 11.4. The van der Waals surface area contributed by atoms with Gasteiger partial charge < -0.3 is 10.1 Å². The quantitative estimate of drug-likeness (QED) is 0.612. The van der Waals surface area contributed by atoms with Crippen LogP contribution in [0.5, 0.6) is 0 Å². The molecule has 0 saturated carbocycles. The van der Waals surface area contributed by atoms with Gasteiger partial charge in [-0.2, -0.15) is 5.26 Å². The molecule has 0 aliphatic heterocycles. The van der Waals surface area contributed by atoms with Crippen molar-refractivity contribution in [1.82, 2.24) is 10.3 Å². The van der Waals surface area contributed by atoms with Crippen molar-refractivity contribution in [1.29, 1.82) is 5.26 Å². The van der Waals surface area contributed by atoms with Gasteiger partial charge >= 0.3 is 5.97 Å². The summed E-state index contributed by atoms with van der Waals surface area (Å²) >= 11 is 1.11. The van der Waals surface area contributed by atoms with Gasteiger partial charge in [-0.3, -0.25) is 4.79 Å². The Morgan fingerprint density at radius 2 is 2.30 bits per heavy atom. The molecule has 6 nitrogen and oxygen atoms in total. The van der Waals surface area contributed by atoms with Gasteiger partial charge in [0.25, 0.3) is 0 Å². The molecular weight excluding hydrogens is 278 g/mol. The Labute approximate surface area is 121 Å². The van der Waals surface area contributed by atoms with Crippen LogP contribution < -0.4 is 5.32 Å². The molecule has 0 fully saturated rings. The minimum absolute atomic E-state index is 0.133. The van der Waals surface area contributed by atoms with E-state index in [2.05, 4.69) is 10.3 Å². The van der Waals surface area contributed by atoms with Crippen LogP contribution in [0.25, 0.3) is 0 Å². The van der Waals surface area contributed by atoms with E-state index in [0.29, 0.717) is 11.6 Å². The number of nitrogens with zero attached hydrogens (tertiary/aromatic N) is 2. The summed E-state index contributed by atoms with van der Waals surface area (Å²) in [6.07, 6.45) is 1.82. The number of hydrogen-bond donors (Lipinski definition) is 1. The highest BCUT2D eigenvalue weighted by atomic mass is 32.1. The Balaban J connectivity index is 2.73. The van der Waals surface area contributed by atoms with Gasteiger partial charge in [-0.25, -0.2) is 9.78 Å². The molecule has 0 aliphatic carbocycles. The Kier molecular flexibility index (Phi) is 6.67. The molecule has 0 radical (unpaired) electrons. The number of carbonyl (C=O) groups is 2. The summed E-state index contributed by atoms with van der Waals surface area (Å²) in [6.45, 7) is 4.50. The van der Waals surface area contributed by atoms with Crippen LogP contribution in [0.2, 0.25) is 0 Å². The lowest BCUT2D eigenvalue weighted by Crippen LogP contribution is -2.29. The zero-order valence-electron chi connectivity index (χ0n) is 11.5. The number of aromatic nitrogens is 1. The van der Waals surface area contributed by atoms with Gasteiger partial charge in [0.2, 0.25) is 5.91 Å². The number of nitrogens with one attached hydrogen (secondary N) is 1. The largest absolute Gasteiger partial charge is 0.461 e. The lowest BCUT2D eigenvalue weighted by atomic mass is 10.1. The minimum atomic E-state index is -0.986. The van der Waals surface area contributed by atoms with Crippen molar-refractivity contribution in [2.24, 2.45) is 0 Å². The SMILES string of the molecule is CCCCNC(=O)C(C#N)c1nc(C(=O)OCC)cs1. The third-order valence-corrected chi connectivity index (χ3v) is 3.38. The van der Waals surface area contributed by atoms with Gasteiger partial charge in [-0.15, -0.1) is 11.3 Å². The number of carbonyl (C=O) groups excluding carboxylic acids is 2. The van der Waals surface area contributed by atoms with Crippen molar-refractivity contribution >= 4 is 23.2 Å². The molecule has 7 heteroatoms. The van der Waals surface area contributed by atoms with E-state index in [1.54, 1.807) is 6.92 Å². The average molecular weight is 295 g/mol. The van der Waals surface area contributed by atoms with Gasteiger partial charge in [0, 0.05) is 11.9 Å². The zero-order chi connectivity index (χ0) is 15.0. The van der Waals surface area contributed by atoms with Crippen molar-refractivity contribution < 1.29 is 14.3 Å². The van der Waals surface area contributed by atoms with E-state index >= 15 is 0 Å². The zero-order valence-corrected chi connectivity index (χ0v) is 12.3. The Bertz CT molecular complexity index is 507. The number of rotatable bonds is 7. The third kappa shape index (κ3) is 4.31. The van der Waals surface area contributed by atoms with Crippen molar-refractivity contribution in [3.8, 4) is 6.07 Å². The summed E-state index contributed by atoms with van der Waals surface area (Å²) in [7, 11) is 0. The molecule has 0 spiro atoms. The van der Waals surface area contributed by atoms with E-state index in [-0.39, 0.29) is 18.2 Å². The van der Waals surface area contributed by atoms with Crippen molar-refractivity contribution in [2.75, 3.05) is 13.2 Å². The van der Waals surface area contributed by atoms with E-state index in [1.165, 1.54) is 5.38 Å². The van der Waals surface area contributed by atoms with Crippen LogP contribution in [0.1, 0.15) is 48.1 Å². The van der Waals surface area contributed by atoms with Crippen LogP contribution in [0.15, 0.2) is 5.38 Å². The molecule has 1 heterocycles. The number of unbranched alkanes of at least 4 members (excludes halogenated alkanes) is 1. The predicted octanol–water partition coefficient (Wildman–Crippen LogP) is 1.84. The van der Waals surface area contributed by atoms with E-state index < -0.39 is 11.9 Å². The van der Waals surface area contributed by atoms with Crippen LogP contribution in [-0.4, -0.2) is 30.0 Å². The Morgan fingerprint density at radius 3 is 2.90 bits per heavy atom. The summed E-state index contributed by atoms with van der Waals surface area (Å²) in [4.78, 5) is 27.4. The van der Waals surface area contributed by atoms with E-state index in [4.69, 9.17) is 10.00 Å². The fourth-order valence-corrected chi connectivity index (χ4v) is 2.26. The number of amides is 1. The maximum atomic E-state index is 11.9. The molecule has 1 aromatic rings. The smallest absolute Gasteiger partial charge is 0.357 e. The first-order valence-corrected chi connectivity index (χ1v) is 7.31. The minimum Gasteiger partial charge on any atom is -0.461 e. The lowest BCUT2D eigenvalue weighted by molar-refractivity contribution is -0.121. The van der Waals surface area contributed by atoms with Gasteiger partial charge in [0.1, 0.15) is 5.01 Å². The molecule has 0 saturated heterocycles. The highest BCUT2D eigenvalue weighted by Gasteiger charge is 2.24. The fraction of sp³-hybridized carbons (Fsp3) is 0.538. The van der Waals surface area contributed by atoms with Crippen LogP contribution >= 0.6 is 11.3 Å². The van der Waals surface area contributed by atoms with Crippen molar-refractivity contribution in [2.45, 2.75) is 32.6 Å². The van der Waals surface area contributed by atoms with Gasteiger partial charge in [-0.1, -0.05) is 13.3 Å². The van der Waals surface area contributed by atoms with Gasteiger partial charge in [-0.05, 0) is 13.3 Å². The maximum absolute atomic E-state index is 11.9. The molecule has 1 rings (SSSR count). The fourth-order valence-electron chi connectivity index (χ4n) is 1.44. The number of thiazole rings is 1.